The number of hydrogen-bond acceptors (Lipinski definition) is 7. The largest absolute Gasteiger partial charge is 0.337 e. The van der Waals surface area contributed by atoms with E-state index in [2.05, 4.69) is 20.2 Å². The maximum Gasteiger partial charge on any atom is 0.261 e. The van der Waals surface area contributed by atoms with Crippen molar-refractivity contribution < 1.29 is 22.1 Å². The smallest absolute Gasteiger partial charge is 0.261 e. The van der Waals surface area contributed by atoms with Gasteiger partial charge in [0.2, 0.25) is 17.6 Å². The highest BCUT2D eigenvalue weighted by molar-refractivity contribution is 7.92. The number of anilines is 2. The van der Waals surface area contributed by atoms with E-state index in [0.717, 1.165) is 0 Å². The molecule has 0 aliphatic carbocycles. The summed E-state index contributed by atoms with van der Waals surface area (Å²) < 4.78 is 46.5. The van der Waals surface area contributed by atoms with Crippen molar-refractivity contribution in [1.82, 2.24) is 10.1 Å². The van der Waals surface area contributed by atoms with Crippen molar-refractivity contribution in [2.45, 2.75) is 38.6 Å². The average Bonchev–Trinajstić information content (AvgIpc) is 3.30. The first-order chi connectivity index (χ1) is 15.9. The summed E-state index contributed by atoms with van der Waals surface area (Å²) in [5.41, 5.74) is 6.05. The first kappa shape index (κ1) is 25.3. The highest BCUT2D eigenvalue weighted by atomic mass is 32.2. The third-order valence-electron chi connectivity index (χ3n) is 5.19. The Morgan fingerprint density at radius 3 is 2.41 bits per heavy atom. The third kappa shape index (κ3) is 5.78. The zero-order valence-electron chi connectivity index (χ0n) is 19.4. The van der Waals surface area contributed by atoms with E-state index in [-0.39, 0.29) is 28.2 Å². The van der Waals surface area contributed by atoms with Crippen LogP contribution in [0.5, 0.6) is 0 Å². The lowest BCUT2D eigenvalue weighted by Crippen LogP contribution is -2.32. The van der Waals surface area contributed by atoms with Crippen LogP contribution in [-0.2, 0) is 14.8 Å². The molecule has 3 rings (SSSR count). The van der Waals surface area contributed by atoms with Gasteiger partial charge in [0.25, 0.3) is 10.0 Å². The van der Waals surface area contributed by atoms with E-state index in [1.54, 1.807) is 12.1 Å². The summed E-state index contributed by atoms with van der Waals surface area (Å²) in [4.78, 5) is 16.4. The van der Waals surface area contributed by atoms with Crippen molar-refractivity contribution >= 4 is 27.3 Å². The highest BCUT2D eigenvalue weighted by Gasteiger charge is 2.27. The molecule has 1 atom stereocenters. The molecule has 1 heterocycles. The molecule has 0 fully saturated rings. The Bertz CT molecular complexity index is 1260. The monoisotopic (exact) mass is 489 g/mol. The molecule has 34 heavy (non-hydrogen) atoms. The summed E-state index contributed by atoms with van der Waals surface area (Å²) in [6, 6.07) is 11.8. The van der Waals surface area contributed by atoms with Crippen LogP contribution in [0.2, 0.25) is 0 Å². The van der Waals surface area contributed by atoms with Gasteiger partial charge in [-0.25, -0.2) is 12.8 Å². The standard InChI is InChI=1S/C23H28FN5O4S/c1-14(2)19(25)21-27-20(28-33-21)15-6-5-7-18(12-15)34(31,32)29-17-10-8-16(9-11-17)26-22(30)23(3,4)13-24/h5-12,14,19,29H,13,25H2,1-4H3,(H,26,30). The first-order valence-corrected chi connectivity index (χ1v) is 12.1. The van der Waals surface area contributed by atoms with Gasteiger partial charge in [-0.15, -0.1) is 0 Å². The Morgan fingerprint density at radius 1 is 1.15 bits per heavy atom. The van der Waals surface area contributed by atoms with Crippen LogP contribution < -0.4 is 15.8 Å². The maximum atomic E-state index is 13.0. The number of carbonyl (C=O) groups is 1. The van der Waals surface area contributed by atoms with Crippen molar-refractivity contribution in [3.05, 3.63) is 54.4 Å². The van der Waals surface area contributed by atoms with Gasteiger partial charge in [0, 0.05) is 16.9 Å². The lowest BCUT2D eigenvalue weighted by Gasteiger charge is -2.19. The molecule has 0 radical (unpaired) electrons. The number of alkyl halides is 1. The molecule has 1 amide bonds. The number of amides is 1. The Balaban J connectivity index is 1.75. The van der Waals surface area contributed by atoms with Crippen LogP contribution in [0.1, 0.15) is 39.6 Å². The highest BCUT2D eigenvalue weighted by Crippen LogP contribution is 2.25. The summed E-state index contributed by atoms with van der Waals surface area (Å²) in [5.74, 6) is 0.135. The van der Waals surface area contributed by atoms with Gasteiger partial charge >= 0.3 is 0 Å². The first-order valence-electron chi connectivity index (χ1n) is 10.6. The molecule has 182 valence electrons. The van der Waals surface area contributed by atoms with Crippen LogP contribution in [0.25, 0.3) is 11.4 Å². The van der Waals surface area contributed by atoms with Crippen molar-refractivity contribution in [2.24, 2.45) is 17.1 Å². The van der Waals surface area contributed by atoms with Crippen LogP contribution in [0.15, 0.2) is 57.9 Å². The van der Waals surface area contributed by atoms with E-state index < -0.39 is 34.1 Å². The van der Waals surface area contributed by atoms with Gasteiger partial charge in [0.05, 0.1) is 16.4 Å². The number of carbonyl (C=O) groups excluding carboxylic acids is 1. The minimum Gasteiger partial charge on any atom is -0.337 e. The number of nitrogens with zero attached hydrogens (tertiary/aromatic N) is 2. The van der Waals surface area contributed by atoms with Crippen molar-refractivity contribution in [2.75, 3.05) is 16.7 Å². The molecule has 9 nitrogen and oxygen atoms in total. The summed E-state index contributed by atoms with van der Waals surface area (Å²) in [6.45, 7) is 6.04. The van der Waals surface area contributed by atoms with Gasteiger partial charge in [-0.05, 0) is 56.2 Å². The maximum absolute atomic E-state index is 13.0. The average molecular weight is 490 g/mol. The third-order valence-corrected chi connectivity index (χ3v) is 6.57. The molecule has 0 spiro atoms. The Hall–Kier alpha value is -3.31. The van der Waals surface area contributed by atoms with Crippen LogP contribution in [0.3, 0.4) is 0 Å². The molecule has 3 aromatic rings. The zero-order valence-corrected chi connectivity index (χ0v) is 20.2. The number of halogens is 1. The summed E-state index contributed by atoms with van der Waals surface area (Å²) in [6.07, 6.45) is 0. The van der Waals surface area contributed by atoms with Crippen LogP contribution in [0.4, 0.5) is 15.8 Å². The summed E-state index contributed by atoms with van der Waals surface area (Å²) in [7, 11) is -3.93. The second-order valence-electron chi connectivity index (χ2n) is 8.91. The zero-order chi connectivity index (χ0) is 25.1. The van der Waals surface area contributed by atoms with Crippen molar-refractivity contribution in [1.29, 1.82) is 0 Å². The Labute approximate surface area is 198 Å². The molecule has 0 saturated carbocycles. The molecule has 4 N–H and O–H groups in total. The van der Waals surface area contributed by atoms with E-state index in [0.29, 0.717) is 11.3 Å². The normalized spacial score (nSPS) is 13.0. The van der Waals surface area contributed by atoms with Crippen molar-refractivity contribution in [3.63, 3.8) is 0 Å². The van der Waals surface area contributed by atoms with E-state index in [1.807, 2.05) is 13.8 Å². The van der Waals surface area contributed by atoms with Gasteiger partial charge in [-0.3, -0.25) is 9.52 Å². The van der Waals surface area contributed by atoms with E-state index in [1.165, 1.54) is 50.2 Å². The topological polar surface area (TPSA) is 140 Å². The number of nitrogens with two attached hydrogens (primary N) is 1. The molecule has 0 aliphatic rings. The van der Waals surface area contributed by atoms with Crippen LogP contribution in [-0.4, -0.2) is 31.1 Å². The molecule has 0 bridgehead atoms. The molecular weight excluding hydrogens is 461 g/mol. The number of sulfonamides is 1. The quantitative estimate of drug-likeness (QED) is 0.410. The minimum absolute atomic E-state index is 0.00610. The van der Waals surface area contributed by atoms with Crippen molar-refractivity contribution in [3.8, 4) is 11.4 Å². The molecular formula is C23H28FN5O4S. The van der Waals surface area contributed by atoms with Gasteiger partial charge in [-0.1, -0.05) is 31.1 Å². The van der Waals surface area contributed by atoms with E-state index >= 15 is 0 Å². The molecule has 2 aromatic carbocycles. The summed E-state index contributed by atoms with van der Waals surface area (Å²) in [5, 5.41) is 6.52. The second kappa shape index (κ2) is 9.90. The number of nitrogens with one attached hydrogen (secondary N) is 2. The summed E-state index contributed by atoms with van der Waals surface area (Å²) >= 11 is 0. The molecule has 1 aromatic heterocycles. The number of hydrogen-bond donors (Lipinski definition) is 3. The number of benzene rings is 2. The molecule has 1 unspecified atom stereocenters. The molecule has 11 heteroatoms. The SMILES string of the molecule is CC(C)C(N)c1nc(-c2cccc(S(=O)(=O)Nc3ccc(NC(=O)C(C)(C)CF)cc3)c2)no1. The predicted octanol–water partition coefficient (Wildman–Crippen LogP) is 4.13. The lowest BCUT2D eigenvalue weighted by atomic mass is 9.94. The van der Waals surface area contributed by atoms with Gasteiger partial charge < -0.3 is 15.6 Å². The van der Waals surface area contributed by atoms with Crippen LogP contribution in [0, 0.1) is 11.3 Å². The Morgan fingerprint density at radius 2 is 1.79 bits per heavy atom. The van der Waals surface area contributed by atoms with Gasteiger partial charge in [0.1, 0.15) is 6.67 Å². The lowest BCUT2D eigenvalue weighted by molar-refractivity contribution is -0.124. The number of aromatic nitrogens is 2. The fourth-order valence-corrected chi connectivity index (χ4v) is 3.88. The van der Waals surface area contributed by atoms with Gasteiger partial charge in [-0.2, -0.15) is 4.98 Å². The second-order valence-corrected chi connectivity index (χ2v) is 10.6. The van der Waals surface area contributed by atoms with Crippen LogP contribution >= 0.6 is 0 Å². The predicted molar refractivity (Wildman–Crippen MR) is 127 cm³/mol. The fourth-order valence-electron chi connectivity index (χ4n) is 2.77. The van der Waals surface area contributed by atoms with E-state index in [4.69, 9.17) is 10.3 Å². The Kier molecular flexibility index (Phi) is 7.37. The van der Waals surface area contributed by atoms with Gasteiger partial charge in [0.15, 0.2) is 0 Å². The fraction of sp³-hybridized carbons (Fsp3) is 0.348. The number of rotatable bonds is 9. The minimum atomic E-state index is -3.93. The van der Waals surface area contributed by atoms with E-state index in [9.17, 15) is 17.6 Å². The molecule has 0 aliphatic heterocycles. The molecule has 0 saturated heterocycles.